The van der Waals surface area contributed by atoms with Crippen LogP contribution in [0, 0.1) is 5.92 Å². The monoisotopic (exact) mass is 462 g/mol. The van der Waals surface area contributed by atoms with Crippen molar-refractivity contribution in [1.82, 2.24) is 14.5 Å². The van der Waals surface area contributed by atoms with Gasteiger partial charge in [-0.1, -0.05) is 6.07 Å². The van der Waals surface area contributed by atoms with Crippen LogP contribution in [0.5, 0.6) is 0 Å². The van der Waals surface area contributed by atoms with Gasteiger partial charge in [0.2, 0.25) is 0 Å². The predicted octanol–water partition coefficient (Wildman–Crippen LogP) is 1.42. The molecule has 2 aromatic rings. The molecule has 10 heteroatoms. The second-order valence-corrected chi connectivity index (χ2v) is 10.8. The van der Waals surface area contributed by atoms with Gasteiger partial charge < -0.3 is 19.5 Å². The first kappa shape index (κ1) is 23.9. The largest absolute Gasteiger partial charge is 0.481 e. The number of aromatic nitrogens is 2. The Kier molecular flexibility index (Phi) is 7.04. The van der Waals surface area contributed by atoms with Gasteiger partial charge in [-0.2, -0.15) is 0 Å². The van der Waals surface area contributed by atoms with Gasteiger partial charge in [-0.15, -0.1) is 0 Å². The second kappa shape index (κ2) is 9.41. The highest BCUT2D eigenvalue weighted by Crippen LogP contribution is 2.36. The van der Waals surface area contributed by atoms with Crippen molar-refractivity contribution in [3.8, 4) is 0 Å². The molecule has 1 N–H and O–H groups in total. The summed E-state index contributed by atoms with van der Waals surface area (Å²) in [6.07, 6.45) is 3.69. The van der Waals surface area contributed by atoms with Crippen LogP contribution >= 0.6 is 0 Å². The summed E-state index contributed by atoms with van der Waals surface area (Å²) >= 11 is 0. The molecule has 0 radical (unpaired) electrons. The molecule has 32 heavy (non-hydrogen) atoms. The van der Waals surface area contributed by atoms with E-state index < -0.39 is 15.8 Å². The molecule has 4 rings (SSSR count). The maximum Gasteiger partial charge on any atom is 0.300 e. The number of anilines is 1. The number of rotatable bonds is 4. The Balaban J connectivity index is 0.000000668. The Bertz CT molecular complexity index is 1140. The summed E-state index contributed by atoms with van der Waals surface area (Å²) in [4.78, 5) is 30.8. The number of pyridine rings is 2. The Labute approximate surface area is 188 Å². The van der Waals surface area contributed by atoms with E-state index in [9.17, 15) is 13.2 Å². The number of carboxylic acids is 1. The molecule has 0 spiro atoms. The standard InChI is InChI=1S/C20H26N4O3S.C2H4O2/c1-22(2)12-15-4-6-18-16-8-14(11-24(18)20(15)25)10-23(13-16)19-7-5-17(9-21-19)28(3,26)27;1-2(3)4/h4-7,9,14,16H,8,10-13H2,1-3H3;1H3,(H,3,4)/t14-,16+;/m0./s1. The Hall–Kier alpha value is -2.72. The fourth-order valence-electron chi connectivity index (χ4n) is 4.42. The average Bonchev–Trinajstić information content (AvgIpc) is 2.69. The number of piperidine rings is 1. The Morgan fingerprint density at radius 1 is 1.19 bits per heavy atom. The van der Waals surface area contributed by atoms with Crippen LogP contribution in [0.4, 0.5) is 5.82 Å². The van der Waals surface area contributed by atoms with E-state index in [0.29, 0.717) is 12.5 Å². The molecule has 2 aliphatic heterocycles. The third kappa shape index (κ3) is 5.55. The van der Waals surface area contributed by atoms with E-state index in [2.05, 4.69) is 16.0 Å². The molecular weight excluding hydrogens is 432 g/mol. The summed E-state index contributed by atoms with van der Waals surface area (Å²) in [5, 5.41) is 7.42. The molecular formula is C22H30N4O5S. The van der Waals surface area contributed by atoms with E-state index >= 15 is 0 Å². The molecule has 174 valence electrons. The number of nitrogens with zero attached hydrogens (tertiary/aromatic N) is 4. The molecule has 0 aliphatic carbocycles. The van der Waals surface area contributed by atoms with Crippen LogP contribution in [0.3, 0.4) is 0 Å². The zero-order chi connectivity index (χ0) is 23.6. The van der Waals surface area contributed by atoms with Gasteiger partial charge in [0.15, 0.2) is 9.84 Å². The first-order valence-corrected chi connectivity index (χ1v) is 12.3. The second-order valence-electron chi connectivity index (χ2n) is 8.78. The van der Waals surface area contributed by atoms with Gasteiger partial charge in [0.05, 0.1) is 4.90 Å². The number of carbonyl (C=O) groups is 1. The summed E-state index contributed by atoms with van der Waals surface area (Å²) in [7, 11) is 0.695. The van der Waals surface area contributed by atoms with Crippen molar-refractivity contribution in [2.45, 2.75) is 37.2 Å². The van der Waals surface area contributed by atoms with Gasteiger partial charge in [0, 0.05) is 62.7 Å². The first-order valence-electron chi connectivity index (χ1n) is 10.4. The first-order chi connectivity index (χ1) is 15.0. The minimum atomic E-state index is -3.25. The molecule has 2 aliphatic rings. The fourth-order valence-corrected chi connectivity index (χ4v) is 4.98. The maximum absolute atomic E-state index is 12.9. The smallest absolute Gasteiger partial charge is 0.300 e. The van der Waals surface area contributed by atoms with Crippen LogP contribution in [0.1, 0.15) is 30.5 Å². The van der Waals surface area contributed by atoms with Crippen LogP contribution in [0.15, 0.2) is 40.2 Å². The molecule has 0 aromatic carbocycles. The highest BCUT2D eigenvalue weighted by Gasteiger charge is 2.35. The van der Waals surface area contributed by atoms with Gasteiger partial charge in [-0.25, -0.2) is 13.4 Å². The van der Waals surface area contributed by atoms with Crippen LogP contribution < -0.4 is 10.5 Å². The van der Waals surface area contributed by atoms with Crippen molar-refractivity contribution in [2.75, 3.05) is 38.3 Å². The zero-order valence-electron chi connectivity index (χ0n) is 18.9. The molecule has 0 unspecified atom stereocenters. The van der Waals surface area contributed by atoms with E-state index in [4.69, 9.17) is 9.90 Å². The molecule has 2 bridgehead atoms. The van der Waals surface area contributed by atoms with Gasteiger partial charge >= 0.3 is 0 Å². The lowest BCUT2D eigenvalue weighted by Crippen LogP contribution is -2.48. The third-order valence-corrected chi connectivity index (χ3v) is 6.74. The van der Waals surface area contributed by atoms with E-state index in [0.717, 1.165) is 50.1 Å². The number of carboxylic acid groups (broad SMARTS) is 1. The summed E-state index contributed by atoms with van der Waals surface area (Å²) in [5.41, 5.74) is 2.06. The topological polar surface area (TPSA) is 113 Å². The maximum atomic E-state index is 12.9. The third-order valence-electron chi connectivity index (χ3n) is 5.64. The number of hydrogen-bond donors (Lipinski definition) is 1. The van der Waals surface area contributed by atoms with Crippen LogP contribution in [-0.4, -0.2) is 67.4 Å². The molecule has 4 heterocycles. The van der Waals surface area contributed by atoms with Gasteiger partial charge in [-0.05, 0) is 44.6 Å². The number of fused-ring (bicyclic) bond motifs is 4. The molecule has 0 saturated carbocycles. The molecule has 9 nitrogen and oxygen atoms in total. The van der Waals surface area contributed by atoms with Gasteiger partial charge in [-0.3, -0.25) is 9.59 Å². The van der Waals surface area contributed by atoms with Gasteiger partial charge in [0.25, 0.3) is 11.5 Å². The van der Waals surface area contributed by atoms with Crippen molar-refractivity contribution in [2.24, 2.45) is 5.92 Å². The molecule has 0 amide bonds. The number of aliphatic carboxylic acids is 1. The minimum absolute atomic E-state index is 0.130. The van der Waals surface area contributed by atoms with E-state index in [1.165, 1.54) is 12.5 Å². The average molecular weight is 463 g/mol. The van der Waals surface area contributed by atoms with Gasteiger partial charge in [0.1, 0.15) is 5.82 Å². The molecule has 1 fully saturated rings. The lowest BCUT2D eigenvalue weighted by molar-refractivity contribution is -0.134. The summed E-state index contributed by atoms with van der Waals surface area (Å²) < 4.78 is 25.3. The number of hydrogen-bond acceptors (Lipinski definition) is 7. The van der Waals surface area contributed by atoms with Crippen LogP contribution in [-0.2, 0) is 27.7 Å². The summed E-state index contributed by atoms with van der Waals surface area (Å²) in [6, 6.07) is 7.47. The van der Waals surface area contributed by atoms with E-state index in [1.807, 2.05) is 29.6 Å². The molecule has 1 saturated heterocycles. The number of sulfone groups is 1. The molecule has 2 atom stereocenters. The SMILES string of the molecule is CC(=O)O.CN(C)Cc1ccc2n(c1=O)C[C@H]1C[C@@H]2CN(c2ccc(S(C)(=O)=O)cn2)C1. The highest BCUT2D eigenvalue weighted by atomic mass is 32.2. The van der Waals surface area contributed by atoms with Crippen molar-refractivity contribution in [3.05, 3.63) is 52.1 Å². The van der Waals surface area contributed by atoms with E-state index in [-0.39, 0.29) is 16.4 Å². The van der Waals surface area contributed by atoms with Crippen LogP contribution in [0.25, 0.3) is 0 Å². The quantitative estimate of drug-likeness (QED) is 0.726. The lowest BCUT2D eigenvalue weighted by atomic mass is 9.83. The fraction of sp³-hybridized carbons (Fsp3) is 0.500. The Morgan fingerprint density at radius 2 is 1.88 bits per heavy atom. The van der Waals surface area contributed by atoms with Crippen molar-refractivity contribution in [1.29, 1.82) is 0 Å². The van der Waals surface area contributed by atoms with Crippen molar-refractivity contribution < 1.29 is 18.3 Å². The van der Waals surface area contributed by atoms with E-state index in [1.54, 1.807) is 12.1 Å². The normalized spacial score (nSPS) is 19.7. The lowest BCUT2D eigenvalue weighted by Gasteiger charge is -2.43. The predicted molar refractivity (Wildman–Crippen MR) is 122 cm³/mol. The Morgan fingerprint density at radius 3 is 2.44 bits per heavy atom. The minimum Gasteiger partial charge on any atom is -0.481 e. The summed E-state index contributed by atoms with van der Waals surface area (Å²) in [5.74, 6) is 0.627. The zero-order valence-corrected chi connectivity index (χ0v) is 19.7. The highest BCUT2D eigenvalue weighted by molar-refractivity contribution is 7.90. The molecule has 2 aromatic heterocycles. The van der Waals surface area contributed by atoms with Crippen LogP contribution in [0.2, 0.25) is 0 Å². The summed E-state index contributed by atoms with van der Waals surface area (Å²) in [6.45, 7) is 4.07. The van der Waals surface area contributed by atoms with Crippen molar-refractivity contribution in [3.63, 3.8) is 0 Å². The van der Waals surface area contributed by atoms with Crippen molar-refractivity contribution >= 4 is 21.6 Å².